The number of benzene rings is 2. The highest BCUT2D eigenvalue weighted by atomic mass is 35.5. The first-order valence-corrected chi connectivity index (χ1v) is 6.76. The third-order valence-electron chi connectivity index (χ3n) is 3.36. The molecule has 0 saturated heterocycles. The molecule has 2 aromatic carbocycles. The molecule has 0 bridgehead atoms. The molecule has 2 aromatic rings. The van der Waals surface area contributed by atoms with E-state index in [1.54, 1.807) is 0 Å². The van der Waals surface area contributed by atoms with E-state index in [9.17, 15) is 0 Å². The normalized spacial score (nSPS) is 13.3. The van der Waals surface area contributed by atoms with Gasteiger partial charge in [-0.2, -0.15) is 0 Å². The minimum atomic E-state index is -0.769. The lowest BCUT2D eigenvalue weighted by molar-refractivity contribution is 0.446. The van der Waals surface area contributed by atoms with Gasteiger partial charge in [0.05, 0.1) is 5.54 Å². The molecule has 0 heterocycles. The van der Waals surface area contributed by atoms with Crippen LogP contribution in [0.15, 0.2) is 48.5 Å². The Morgan fingerprint density at radius 2 is 1.16 bits per heavy atom. The molecule has 1 unspecified atom stereocenters. The van der Waals surface area contributed by atoms with Crippen LogP contribution < -0.4 is 11.5 Å². The molecule has 2 rings (SSSR count). The zero-order chi connectivity index (χ0) is 14.0. The second kappa shape index (κ2) is 5.51. The molecule has 0 amide bonds. The Morgan fingerprint density at radius 1 is 0.842 bits per heavy atom. The summed E-state index contributed by atoms with van der Waals surface area (Å²) in [6, 6.07) is 14.6. The molecule has 4 N–H and O–H groups in total. The highest BCUT2D eigenvalue weighted by Crippen LogP contribution is 2.31. The van der Waals surface area contributed by atoms with Crippen molar-refractivity contribution >= 4 is 23.2 Å². The molecule has 0 aromatic heterocycles. The van der Waals surface area contributed by atoms with Crippen LogP contribution in [0.3, 0.4) is 0 Å². The average molecular weight is 295 g/mol. The van der Waals surface area contributed by atoms with Gasteiger partial charge in [0.25, 0.3) is 0 Å². The first-order chi connectivity index (χ1) is 8.94. The Hall–Kier alpha value is -1.06. The lowest BCUT2D eigenvalue weighted by Crippen LogP contribution is -2.51. The fraction of sp³-hybridized carbons (Fsp3) is 0.200. The van der Waals surface area contributed by atoms with Crippen LogP contribution >= 0.6 is 23.2 Å². The lowest BCUT2D eigenvalue weighted by atomic mass is 9.79. The molecule has 100 valence electrons. The summed E-state index contributed by atoms with van der Waals surface area (Å²) < 4.78 is 0. The first kappa shape index (κ1) is 14.4. The Kier molecular flexibility index (Phi) is 4.16. The Labute approximate surface area is 123 Å². The maximum absolute atomic E-state index is 6.57. The van der Waals surface area contributed by atoms with Crippen LogP contribution in [0.2, 0.25) is 10.0 Å². The van der Waals surface area contributed by atoms with E-state index in [1.807, 2.05) is 55.5 Å². The molecular formula is C15H16Cl2N2. The van der Waals surface area contributed by atoms with E-state index < -0.39 is 5.54 Å². The van der Waals surface area contributed by atoms with Crippen molar-refractivity contribution in [2.75, 3.05) is 0 Å². The van der Waals surface area contributed by atoms with Crippen molar-refractivity contribution in [2.24, 2.45) is 11.5 Å². The van der Waals surface area contributed by atoms with E-state index in [-0.39, 0.29) is 6.04 Å². The minimum absolute atomic E-state index is 0.255. The van der Waals surface area contributed by atoms with Crippen molar-refractivity contribution < 1.29 is 0 Å². The smallest absolute Gasteiger partial charge is 0.0816 e. The summed E-state index contributed by atoms with van der Waals surface area (Å²) in [4.78, 5) is 0. The fourth-order valence-corrected chi connectivity index (χ4v) is 2.40. The van der Waals surface area contributed by atoms with Crippen molar-refractivity contribution in [1.29, 1.82) is 0 Å². The van der Waals surface area contributed by atoms with E-state index in [0.717, 1.165) is 11.1 Å². The van der Waals surface area contributed by atoms with E-state index in [2.05, 4.69) is 0 Å². The van der Waals surface area contributed by atoms with Crippen molar-refractivity contribution in [3.63, 3.8) is 0 Å². The maximum Gasteiger partial charge on any atom is 0.0816 e. The van der Waals surface area contributed by atoms with Gasteiger partial charge in [-0.3, -0.25) is 0 Å². The standard InChI is InChI=1S/C15H16Cl2N2/c1-10(18)15(19,11-2-6-13(16)7-3-11)12-4-8-14(17)9-5-12/h2-10H,18-19H2,1H3. The van der Waals surface area contributed by atoms with E-state index in [0.29, 0.717) is 10.0 Å². The Bertz CT molecular complexity index is 502. The summed E-state index contributed by atoms with van der Waals surface area (Å²) in [6.07, 6.45) is 0. The van der Waals surface area contributed by atoms with Crippen molar-refractivity contribution in [1.82, 2.24) is 0 Å². The lowest BCUT2D eigenvalue weighted by Gasteiger charge is -2.34. The monoisotopic (exact) mass is 294 g/mol. The number of halogens is 2. The molecule has 1 atom stereocenters. The van der Waals surface area contributed by atoms with E-state index in [1.165, 1.54) is 0 Å². The second-order valence-corrected chi connectivity index (χ2v) is 5.54. The van der Waals surface area contributed by atoms with Crippen LogP contribution in [0, 0.1) is 0 Å². The quantitative estimate of drug-likeness (QED) is 0.910. The molecule has 0 aliphatic carbocycles. The summed E-state index contributed by atoms with van der Waals surface area (Å²) in [5.41, 5.74) is 13.8. The van der Waals surface area contributed by atoms with Crippen LogP contribution in [0.25, 0.3) is 0 Å². The Balaban J connectivity index is 2.54. The number of nitrogens with two attached hydrogens (primary N) is 2. The minimum Gasteiger partial charge on any atom is -0.326 e. The van der Waals surface area contributed by atoms with Gasteiger partial charge in [-0.1, -0.05) is 47.5 Å². The number of hydrogen-bond donors (Lipinski definition) is 2. The van der Waals surface area contributed by atoms with Gasteiger partial charge in [0.2, 0.25) is 0 Å². The van der Waals surface area contributed by atoms with Gasteiger partial charge in [-0.05, 0) is 42.3 Å². The molecule has 19 heavy (non-hydrogen) atoms. The van der Waals surface area contributed by atoms with Crippen LogP contribution in [-0.4, -0.2) is 6.04 Å². The van der Waals surface area contributed by atoms with E-state index >= 15 is 0 Å². The third-order valence-corrected chi connectivity index (χ3v) is 3.87. The largest absolute Gasteiger partial charge is 0.326 e. The summed E-state index contributed by atoms with van der Waals surface area (Å²) in [6.45, 7) is 1.89. The molecule has 2 nitrogen and oxygen atoms in total. The topological polar surface area (TPSA) is 52.0 Å². The van der Waals surface area contributed by atoms with Crippen LogP contribution in [0.1, 0.15) is 18.1 Å². The van der Waals surface area contributed by atoms with E-state index in [4.69, 9.17) is 34.7 Å². The zero-order valence-corrected chi connectivity index (χ0v) is 12.1. The summed E-state index contributed by atoms with van der Waals surface area (Å²) in [5.74, 6) is 0. The third kappa shape index (κ3) is 2.77. The van der Waals surface area contributed by atoms with Gasteiger partial charge in [-0.15, -0.1) is 0 Å². The van der Waals surface area contributed by atoms with Crippen LogP contribution in [0.4, 0.5) is 0 Å². The van der Waals surface area contributed by atoms with Crippen LogP contribution in [0.5, 0.6) is 0 Å². The highest BCUT2D eigenvalue weighted by Gasteiger charge is 2.33. The van der Waals surface area contributed by atoms with Gasteiger partial charge in [-0.25, -0.2) is 0 Å². The predicted octanol–water partition coefficient (Wildman–Crippen LogP) is 3.54. The summed E-state index contributed by atoms with van der Waals surface area (Å²) in [5, 5.41) is 1.35. The fourth-order valence-electron chi connectivity index (χ4n) is 2.14. The van der Waals surface area contributed by atoms with Crippen molar-refractivity contribution in [2.45, 2.75) is 18.5 Å². The number of hydrogen-bond acceptors (Lipinski definition) is 2. The number of rotatable bonds is 3. The SMILES string of the molecule is CC(N)C(N)(c1ccc(Cl)cc1)c1ccc(Cl)cc1. The van der Waals surface area contributed by atoms with Crippen molar-refractivity contribution in [3.05, 3.63) is 69.7 Å². The molecule has 0 aliphatic heterocycles. The average Bonchev–Trinajstić information content (AvgIpc) is 2.39. The van der Waals surface area contributed by atoms with Crippen LogP contribution in [-0.2, 0) is 5.54 Å². The van der Waals surface area contributed by atoms with Gasteiger partial charge >= 0.3 is 0 Å². The van der Waals surface area contributed by atoms with Gasteiger partial charge < -0.3 is 11.5 Å². The second-order valence-electron chi connectivity index (χ2n) is 4.67. The molecule has 0 aliphatic rings. The predicted molar refractivity (Wildman–Crippen MR) is 81.5 cm³/mol. The molecule has 0 radical (unpaired) electrons. The highest BCUT2D eigenvalue weighted by molar-refractivity contribution is 6.30. The van der Waals surface area contributed by atoms with Gasteiger partial charge in [0.15, 0.2) is 0 Å². The summed E-state index contributed by atoms with van der Waals surface area (Å²) >= 11 is 11.8. The molecular weight excluding hydrogens is 279 g/mol. The maximum atomic E-state index is 6.57. The van der Waals surface area contributed by atoms with Gasteiger partial charge in [0.1, 0.15) is 0 Å². The first-order valence-electron chi connectivity index (χ1n) is 6.01. The summed E-state index contributed by atoms with van der Waals surface area (Å²) in [7, 11) is 0. The molecule has 0 spiro atoms. The zero-order valence-electron chi connectivity index (χ0n) is 10.6. The molecule has 0 saturated carbocycles. The van der Waals surface area contributed by atoms with Gasteiger partial charge in [0, 0.05) is 16.1 Å². The molecule has 0 fully saturated rings. The molecule has 4 heteroatoms. The van der Waals surface area contributed by atoms with Crippen molar-refractivity contribution in [3.8, 4) is 0 Å². The Morgan fingerprint density at radius 3 is 1.42 bits per heavy atom.